The summed E-state index contributed by atoms with van der Waals surface area (Å²) in [7, 11) is 0. The summed E-state index contributed by atoms with van der Waals surface area (Å²) < 4.78 is 10.8. The van der Waals surface area contributed by atoms with Crippen LogP contribution in [0.4, 0.5) is 0 Å². The van der Waals surface area contributed by atoms with Crippen molar-refractivity contribution in [1.29, 1.82) is 0 Å². The van der Waals surface area contributed by atoms with Gasteiger partial charge in [-0.15, -0.1) is 0 Å². The van der Waals surface area contributed by atoms with Gasteiger partial charge in [0.05, 0.1) is 6.04 Å². The van der Waals surface area contributed by atoms with Gasteiger partial charge < -0.3 is 20.1 Å². The molecule has 0 spiro atoms. The first-order chi connectivity index (χ1) is 10.1. The molecule has 0 fully saturated rings. The average Bonchev–Trinajstić information content (AvgIpc) is 2.97. The predicted molar refractivity (Wildman–Crippen MR) is 77.7 cm³/mol. The van der Waals surface area contributed by atoms with Gasteiger partial charge in [0.25, 0.3) is 0 Å². The van der Waals surface area contributed by atoms with Crippen LogP contribution in [0, 0.1) is 0 Å². The number of aromatic nitrogens is 2. The van der Waals surface area contributed by atoms with Gasteiger partial charge in [-0.2, -0.15) is 4.98 Å². The molecule has 1 aromatic heterocycles. The Balaban J connectivity index is 2.04. The maximum Gasteiger partial charge on any atom is 0.243 e. The lowest BCUT2D eigenvalue weighted by atomic mass is 10.1. The van der Waals surface area contributed by atoms with Gasteiger partial charge in [-0.3, -0.25) is 0 Å². The molecule has 114 valence electrons. The Kier molecular flexibility index (Phi) is 5.30. The maximum absolute atomic E-state index is 9.26. The van der Waals surface area contributed by atoms with Crippen molar-refractivity contribution in [2.24, 2.45) is 5.73 Å². The third kappa shape index (κ3) is 4.03. The molecular formula is C15H21N3O3. The van der Waals surface area contributed by atoms with Crippen molar-refractivity contribution in [3.63, 3.8) is 0 Å². The SMILES string of the molecule is CCOC(CC)c1noc([C@@H](N)Cc2ccc(O)cc2)n1. The highest BCUT2D eigenvalue weighted by Crippen LogP contribution is 2.21. The van der Waals surface area contributed by atoms with Crippen LogP contribution in [-0.4, -0.2) is 21.9 Å². The highest BCUT2D eigenvalue weighted by Gasteiger charge is 2.20. The summed E-state index contributed by atoms with van der Waals surface area (Å²) in [5, 5.41) is 13.2. The molecule has 0 amide bonds. The topological polar surface area (TPSA) is 94.4 Å². The zero-order chi connectivity index (χ0) is 15.2. The molecule has 3 N–H and O–H groups in total. The number of aromatic hydroxyl groups is 1. The van der Waals surface area contributed by atoms with Crippen LogP contribution >= 0.6 is 0 Å². The summed E-state index contributed by atoms with van der Waals surface area (Å²) in [6.07, 6.45) is 1.18. The van der Waals surface area contributed by atoms with E-state index in [-0.39, 0.29) is 17.9 Å². The fraction of sp³-hybridized carbons (Fsp3) is 0.467. The standard InChI is InChI=1S/C15H21N3O3/c1-3-13(20-4-2)14-17-15(21-18-14)12(16)9-10-5-7-11(19)8-6-10/h5-8,12-13,19H,3-4,9,16H2,1-2H3/t12-,13?/m0/s1. The van der Waals surface area contributed by atoms with Crippen LogP contribution < -0.4 is 5.73 Å². The van der Waals surface area contributed by atoms with E-state index in [1.54, 1.807) is 12.1 Å². The van der Waals surface area contributed by atoms with E-state index in [2.05, 4.69) is 10.1 Å². The van der Waals surface area contributed by atoms with Crippen LogP contribution in [-0.2, 0) is 11.2 Å². The van der Waals surface area contributed by atoms with Crippen LogP contribution in [0.15, 0.2) is 28.8 Å². The second kappa shape index (κ2) is 7.19. The van der Waals surface area contributed by atoms with E-state index >= 15 is 0 Å². The predicted octanol–water partition coefficient (Wildman–Crippen LogP) is 2.51. The van der Waals surface area contributed by atoms with Crippen LogP contribution in [0.3, 0.4) is 0 Å². The van der Waals surface area contributed by atoms with E-state index in [0.717, 1.165) is 12.0 Å². The van der Waals surface area contributed by atoms with Crippen LogP contribution in [0.25, 0.3) is 0 Å². The van der Waals surface area contributed by atoms with Crippen molar-refractivity contribution in [3.05, 3.63) is 41.5 Å². The normalized spacial score (nSPS) is 14.0. The van der Waals surface area contributed by atoms with Crippen LogP contribution in [0.5, 0.6) is 5.75 Å². The summed E-state index contributed by atoms with van der Waals surface area (Å²) in [6, 6.07) is 6.52. The monoisotopic (exact) mass is 291 g/mol. The maximum atomic E-state index is 9.26. The summed E-state index contributed by atoms with van der Waals surface area (Å²) in [5.41, 5.74) is 7.09. The van der Waals surface area contributed by atoms with Gasteiger partial charge in [0.15, 0.2) is 0 Å². The zero-order valence-corrected chi connectivity index (χ0v) is 12.3. The lowest BCUT2D eigenvalue weighted by Gasteiger charge is -2.09. The summed E-state index contributed by atoms with van der Waals surface area (Å²) in [6.45, 7) is 4.54. The van der Waals surface area contributed by atoms with Crippen LogP contribution in [0.2, 0.25) is 0 Å². The van der Waals surface area contributed by atoms with Crippen molar-refractivity contribution in [1.82, 2.24) is 10.1 Å². The molecule has 21 heavy (non-hydrogen) atoms. The fourth-order valence-electron chi connectivity index (χ4n) is 2.08. The molecule has 2 rings (SSSR count). The molecular weight excluding hydrogens is 270 g/mol. The first kappa shape index (κ1) is 15.5. The first-order valence-electron chi connectivity index (χ1n) is 7.12. The second-order valence-corrected chi connectivity index (χ2v) is 4.82. The first-order valence-corrected chi connectivity index (χ1v) is 7.12. The number of phenols is 1. The zero-order valence-electron chi connectivity index (χ0n) is 12.3. The van der Waals surface area contributed by atoms with E-state index in [1.807, 2.05) is 26.0 Å². The second-order valence-electron chi connectivity index (χ2n) is 4.82. The van der Waals surface area contributed by atoms with Crippen molar-refractivity contribution >= 4 is 0 Å². The number of rotatable bonds is 7. The molecule has 6 nitrogen and oxygen atoms in total. The summed E-state index contributed by atoms with van der Waals surface area (Å²) in [4.78, 5) is 4.34. The van der Waals surface area contributed by atoms with E-state index in [1.165, 1.54) is 0 Å². The number of nitrogens with zero attached hydrogens (tertiary/aromatic N) is 2. The smallest absolute Gasteiger partial charge is 0.243 e. The number of phenolic OH excluding ortho intramolecular Hbond substituents is 1. The number of hydrogen-bond donors (Lipinski definition) is 2. The molecule has 2 aromatic rings. The lowest BCUT2D eigenvalue weighted by Crippen LogP contribution is -2.14. The van der Waals surface area contributed by atoms with Gasteiger partial charge in [0, 0.05) is 6.61 Å². The number of benzene rings is 1. The minimum Gasteiger partial charge on any atom is -0.508 e. The van der Waals surface area contributed by atoms with E-state index in [4.69, 9.17) is 15.0 Å². The van der Waals surface area contributed by atoms with Gasteiger partial charge in [-0.25, -0.2) is 0 Å². The molecule has 1 aromatic carbocycles. The van der Waals surface area contributed by atoms with Crippen LogP contribution in [0.1, 0.15) is 49.7 Å². The number of hydrogen-bond acceptors (Lipinski definition) is 6. The van der Waals surface area contributed by atoms with Crippen molar-refractivity contribution in [2.75, 3.05) is 6.61 Å². The molecule has 1 heterocycles. The molecule has 0 saturated heterocycles. The minimum atomic E-state index is -0.380. The van der Waals surface area contributed by atoms with E-state index in [9.17, 15) is 5.11 Å². The molecule has 0 aliphatic heterocycles. The minimum absolute atomic E-state index is 0.159. The third-order valence-electron chi connectivity index (χ3n) is 3.19. The summed E-state index contributed by atoms with van der Waals surface area (Å²) >= 11 is 0. The van der Waals surface area contributed by atoms with E-state index in [0.29, 0.717) is 24.7 Å². The Morgan fingerprint density at radius 1 is 1.29 bits per heavy atom. The molecule has 0 radical (unpaired) electrons. The number of nitrogens with two attached hydrogens (primary N) is 1. The van der Waals surface area contributed by atoms with Gasteiger partial charge in [-0.1, -0.05) is 24.2 Å². The average molecular weight is 291 g/mol. The molecule has 6 heteroatoms. The molecule has 0 bridgehead atoms. The number of ether oxygens (including phenoxy) is 1. The Hall–Kier alpha value is -1.92. The molecule has 0 aliphatic rings. The molecule has 0 aliphatic carbocycles. The van der Waals surface area contributed by atoms with Crippen molar-refractivity contribution in [2.45, 2.75) is 38.8 Å². The highest BCUT2D eigenvalue weighted by molar-refractivity contribution is 5.26. The Morgan fingerprint density at radius 3 is 2.62 bits per heavy atom. The quantitative estimate of drug-likeness (QED) is 0.814. The van der Waals surface area contributed by atoms with Gasteiger partial charge in [0.2, 0.25) is 11.7 Å². The van der Waals surface area contributed by atoms with Gasteiger partial charge >= 0.3 is 0 Å². The largest absolute Gasteiger partial charge is 0.508 e. The third-order valence-corrected chi connectivity index (χ3v) is 3.19. The molecule has 2 atom stereocenters. The molecule has 1 unspecified atom stereocenters. The molecule has 0 saturated carbocycles. The lowest BCUT2D eigenvalue weighted by molar-refractivity contribution is 0.0518. The Labute approximate surface area is 123 Å². The Bertz CT molecular complexity index is 554. The van der Waals surface area contributed by atoms with Crippen molar-refractivity contribution < 1.29 is 14.4 Å². The summed E-state index contributed by atoms with van der Waals surface area (Å²) in [5.74, 6) is 1.17. The Morgan fingerprint density at radius 2 is 2.00 bits per heavy atom. The van der Waals surface area contributed by atoms with Crippen molar-refractivity contribution in [3.8, 4) is 5.75 Å². The van der Waals surface area contributed by atoms with E-state index < -0.39 is 0 Å². The van der Waals surface area contributed by atoms with Gasteiger partial charge in [-0.05, 0) is 37.5 Å². The fourth-order valence-corrected chi connectivity index (χ4v) is 2.08. The highest BCUT2D eigenvalue weighted by atomic mass is 16.5. The van der Waals surface area contributed by atoms with Gasteiger partial charge in [0.1, 0.15) is 11.9 Å².